The van der Waals surface area contributed by atoms with Gasteiger partial charge in [0.2, 0.25) is 0 Å². The van der Waals surface area contributed by atoms with Gasteiger partial charge in [-0.25, -0.2) is 23.1 Å². The Kier molecular flexibility index (Phi) is 5.03. The van der Waals surface area contributed by atoms with E-state index in [-0.39, 0.29) is 16.9 Å². The number of aromatic nitrogens is 4. The van der Waals surface area contributed by atoms with E-state index < -0.39 is 28.9 Å². The molecule has 0 atom stereocenters. The molecular formula is C21H17ClF2N4O2. The molecule has 0 N–H and O–H groups in total. The molecule has 4 rings (SSSR count). The monoisotopic (exact) mass is 430 g/mol. The van der Waals surface area contributed by atoms with Gasteiger partial charge < -0.3 is 4.57 Å². The van der Waals surface area contributed by atoms with Crippen LogP contribution in [0.1, 0.15) is 25.5 Å². The van der Waals surface area contributed by atoms with Crippen LogP contribution in [0.4, 0.5) is 8.78 Å². The van der Waals surface area contributed by atoms with Gasteiger partial charge in [0.25, 0.3) is 5.56 Å². The van der Waals surface area contributed by atoms with Crippen LogP contribution in [0, 0.1) is 11.6 Å². The highest BCUT2D eigenvalue weighted by molar-refractivity contribution is 6.30. The average molecular weight is 431 g/mol. The van der Waals surface area contributed by atoms with Gasteiger partial charge in [-0.2, -0.15) is 0 Å². The standard InChI is InChI=1S/C21H17ClF2N4O2/c1-12(2)27-20(29)18-19(25-11-26(18)10-13-4-3-5-14(22)8-13)28(21(27)30)15-6-7-16(23)17(24)9-15/h3-9,11-12H,10H2,1-2H3. The lowest BCUT2D eigenvalue weighted by Crippen LogP contribution is -2.41. The van der Waals surface area contributed by atoms with Crippen molar-refractivity contribution in [2.24, 2.45) is 0 Å². The van der Waals surface area contributed by atoms with E-state index in [0.29, 0.717) is 11.6 Å². The summed E-state index contributed by atoms with van der Waals surface area (Å²) in [4.78, 5) is 30.5. The highest BCUT2D eigenvalue weighted by Crippen LogP contribution is 2.18. The SMILES string of the molecule is CC(C)n1c(=O)c2c(ncn2Cc2cccc(Cl)c2)n(-c2ccc(F)c(F)c2)c1=O. The number of hydrogen-bond acceptors (Lipinski definition) is 3. The highest BCUT2D eigenvalue weighted by atomic mass is 35.5. The fraction of sp³-hybridized carbons (Fsp3) is 0.190. The Bertz CT molecular complexity index is 1390. The Morgan fingerprint density at radius 1 is 1.07 bits per heavy atom. The molecule has 0 aliphatic carbocycles. The van der Waals surface area contributed by atoms with Crippen molar-refractivity contribution in [2.75, 3.05) is 0 Å². The normalized spacial score (nSPS) is 11.5. The van der Waals surface area contributed by atoms with E-state index in [1.54, 1.807) is 36.6 Å². The number of hydrogen-bond donors (Lipinski definition) is 0. The van der Waals surface area contributed by atoms with E-state index in [4.69, 9.17) is 11.6 Å². The molecule has 0 bridgehead atoms. The van der Waals surface area contributed by atoms with E-state index >= 15 is 0 Å². The van der Waals surface area contributed by atoms with Crippen molar-refractivity contribution in [1.29, 1.82) is 0 Å². The number of benzene rings is 2. The molecule has 0 radical (unpaired) electrons. The third kappa shape index (κ3) is 3.33. The van der Waals surface area contributed by atoms with Crippen LogP contribution in [0.15, 0.2) is 58.4 Å². The summed E-state index contributed by atoms with van der Waals surface area (Å²) in [7, 11) is 0. The zero-order valence-corrected chi connectivity index (χ0v) is 16.9. The minimum Gasteiger partial charge on any atom is -0.320 e. The van der Waals surface area contributed by atoms with Crippen LogP contribution in [0.5, 0.6) is 0 Å². The van der Waals surface area contributed by atoms with Crippen molar-refractivity contribution in [3.8, 4) is 5.69 Å². The van der Waals surface area contributed by atoms with Gasteiger partial charge in [0.15, 0.2) is 22.8 Å². The zero-order valence-electron chi connectivity index (χ0n) is 16.1. The quantitative estimate of drug-likeness (QED) is 0.493. The molecule has 154 valence electrons. The molecule has 0 amide bonds. The molecule has 4 aromatic rings. The Labute approximate surface area is 174 Å². The Balaban J connectivity index is 2.03. The maximum absolute atomic E-state index is 13.9. The summed E-state index contributed by atoms with van der Waals surface area (Å²) in [5, 5.41) is 0.551. The van der Waals surface area contributed by atoms with E-state index in [0.717, 1.165) is 26.8 Å². The van der Waals surface area contributed by atoms with Crippen molar-refractivity contribution in [3.05, 3.63) is 91.9 Å². The topological polar surface area (TPSA) is 61.8 Å². The van der Waals surface area contributed by atoms with E-state index in [1.807, 2.05) is 6.07 Å². The van der Waals surface area contributed by atoms with Crippen LogP contribution in [0.3, 0.4) is 0 Å². The summed E-state index contributed by atoms with van der Waals surface area (Å²) in [5.74, 6) is -2.14. The fourth-order valence-corrected chi connectivity index (χ4v) is 3.63. The Morgan fingerprint density at radius 2 is 1.83 bits per heavy atom. The Hall–Kier alpha value is -3.26. The van der Waals surface area contributed by atoms with E-state index in [2.05, 4.69) is 4.98 Å². The van der Waals surface area contributed by atoms with Crippen molar-refractivity contribution in [1.82, 2.24) is 18.7 Å². The molecule has 0 unspecified atom stereocenters. The van der Waals surface area contributed by atoms with Crippen molar-refractivity contribution < 1.29 is 8.78 Å². The number of imidazole rings is 1. The first-order chi connectivity index (χ1) is 14.3. The van der Waals surface area contributed by atoms with Gasteiger partial charge in [-0.1, -0.05) is 23.7 Å². The van der Waals surface area contributed by atoms with Crippen LogP contribution >= 0.6 is 11.6 Å². The number of rotatable bonds is 4. The smallest absolute Gasteiger partial charge is 0.320 e. The second-order valence-electron chi connectivity index (χ2n) is 7.16. The molecule has 0 aliphatic rings. The van der Waals surface area contributed by atoms with Gasteiger partial charge in [-0.3, -0.25) is 9.36 Å². The molecule has 2 aromatic heterocycles. The van der Waals surface area contributed by atoms with Crippen LogP contribution in [-0.2, 0) is 6.54 Å². The first-order valence-electron chi connectivity index (χ1n) is 9.20. The molecule has 2 aromatic carbocycles. The molecule has 0 saturated heterocycles. The third-order valence-electron chi connectivity index (χ3n) is 4.77. The largest absolute Gasteiger partial charge is 0.337 e. The van der Waals surface area contributed by atoms with Gasteiger partial charge >= 0.3 is 5.69 Å². The second kappa shape index (κ2) is 7.53. The minimum atomic E-state index is -1.10. The molecule has 2 heterocycles. The van der Waals surface area contributed by atoms with Gasteiger partial charge in [-0.15, -0.1) is 0 Å². The van der Waals surface area contributed by atoms with Crippen LogP contribution in [-0.4, -0.2) is 18.7 Å². The van der Waals surface area contributed by atoms with Crippen molar-refractivity contribution in [2.45, 2.75) is 26.4 Å². The van der Waals surface area contributed by atoms with Gasteiger partial charge in [0.05, 0.1) is 12.0 Å². The van der Waals surface area contributed by atoms with Crippen molar-refractivity contribution >= 4 is 22.8 Å². The van der Waals surface area contributed by atoms with Gasteiger partial charge in [0, 0.05) is 23.7 Å². The first kappa shape index (κ1) is 20.0. The minimum absolute atomic E-state index is 0.0648. The molecule has 0 saturated carbocycles. The molecule has 0 aliphatic heterocycles. The summed E-state index contributed by atoms with van der Waals surface area (Å²) in [6.45, 7) is 3.68. The maximum atomic E-state index is 13.9. The molecule has 9 heteroatoms. The molecule has 30 heavy (non-hydrogen) atoms. The van der Waals surface area contributed by atoms with Gasteiger partial charge in [-0.05, 0) is 43.7 Å². The van der Waals surface area contributed by atoms with Crippen LogP contribution < -0.4 is 11.2 Å². The lowest BCUT2D eigenvalue weighted by molar-refractivity contribution is 0.506. The average Bonchev–Trinajstić information content (AvgIpc) is 3.08. The maximum Gasteiger partial charge on any atom is 0.337 e. The molecule has 0 fully saturated rings. The number of nitrogens with zero attached hydrogens (tertiary/aromatic N) is 4. The Morgan fingerprint density at radius 3 is 2.50 bits per heavy atom. The lowest BCUT2D eigenvalue weighted by atomic mass is 10.2. The summed E-state index contributed by atoms with van der Waals surface area (Å²) in [6.07, 6.45) is 1.44. The predicted molar refractivity (Wildman–Crippen MR) is 110 cm³/mol. The molecule has 6 nitrogen and oxygen atoms in total. The van der Waals surface area contributed by atoms with Crippen LogP contribution in [0.25, 0.3) is 16.9 Å². The predicted octanol–water partition coefficient (Wildman–Crippen LogP) is 3.91. The van der Waals surface area contributed by atoms with Gasteiger partial charge in [0.1, 0.15) is 0 Å². The fourth-order valence-electron chi connectivity index (χ4n) is 3.42. The molecule has 0 spiro atoms. The summed E-state index contributed by atoms with van der Waals surface area (Å²) in [5.41, 5.74) is -0.0398. The third-order valence-corrected chi connectivity index (χ3v) is 5.00. The van der Waals surface area contributed by atoms with E-state index in [1.165, 1.54) is 12.4 Å². The number of halogens is 3. The van der Waals surface area contributed by atoms with Crippen LogP contribution in [0.2, 0.25) is 5.02 Å². The zero-order chi connectivity index (χ0) is 21.6. The summed E-state index contributed by atoms with van der Waals surface area (Å²) in [6, 6.07) is 9.79. The number of fused-ring (bicyclic) bond motifs is 1. The summed E-state index contributed by atoms with van der Waals surface area (Å²) < 4.78 is 31.1. The first-order valence-corrected chi connectivity index (χ1v) is 9.58. The highest BCUT2D eigenvalue weighted by Gasteiger charge is 2.21. The van der Waals surface area contributed by atoms with Crippen molar-refractivity contribution in [3.63, 3.8) is 0 Å². The second-order valence-corrected chi connectivity index (χ2v) is 7.60. The lowest BCUT2D eigenvalue weighted by Gasteiger charge is -2.15. The van der Waals surface area contributed by atoms with E-state index in [9.17, 15) is 18.4 Å². The molecular weight excluding hydrogens is 414 g/mol. The summed E-state index contributed by atoms with van der Waals surface area (Å²) >= 11 is 6.05.